The monoisotopic (exact) mass is 458 g/mol. The van der Waals surface area contributed by atoms with E-state index in [1.165, 1.54) is 18.3 Å². The number of ether oxygens (including phenoxy) is 2. The largest absolute Gasteiger partial charge is 0.491 e. The summed E-state index contributed by atoms with van der Waals surface area (Å²) in [7, 11) is 0. The van der Waals surface area contributed by atoms with Crippen LogP contribution in [0.3, 0.4) is 0 Å². The Morgan fingerprint density at radius 1 is 1.15 bits per heavy atom. The fraction of sp³-hybridized carbons (Fsp3) is 0.304. The molecule has 1 aliphatic heterocycles. The van der Waals surface area contributed by atoms with E-state index < -0.39 is 18.7 Å². The number of carbonyl (C=O) groups excluding carboxylic acids is 1. The molecule has 3 heterocycles. The van der Waals surface area contributed by atoms with Crippen molar-refractivity contribution in [3.05, 3.63) is 65.9 Å². The van der Waals surface area contributed by atoms with Crippen molar-refractivity contribution in [1.29, 1.82) is 0 Å². The molecule has 4 rings (SSSR count). The number of alkyl halides is 3. The van der Waals surface area contributed by atoms with Crippen LogP contribution in [0.15, 0.2) is 48.9 Å². The van der Waals surface area contributed by atoms with Crippen LogP contribution in [0.25, 0.3) is 11.1 Å². The molecule has 0 radical (unpaired) electrons. The first kappa shape index (κ1) is 22.5. The molecule has 1 amide bonds. The van der Waals surface area contributed by atoms with Crippen LogP contribution in [0.5, 0.6) is 11.6 Å². The minimum absolute atomic E-state index is 0.206. The number of aromatic nitrogens is 3. The van der Waals surface area contributed by atoms with Crippen molar-refractivity contribution in [2.45, 2.75) is 32.0 Å². The summed E-state index contributed by atoms with van der Waals surface area (Å²) in [6.07, 6.45) is 1.55. The lowest BCUT2D eigenvalue weighted by molar-refractivity contribution is -0.154. The van der Waals surface area contributed by atoms with Gasteiger partial charge in [-0.1, -0.05) is 19.1 Å². The van der Waals surface area contributed by atoms with Crippen LogP contribution in [0.1, 0.15) is 28.7 Å². The number of halogens is 3. The number of fused-ring (bicyclic) bond motifs is 1. The van der Waals surface area contributed by atoms with Crippen molar-refractivity contribution in [3.63, 3.8) is 0 Å². The van der Waals surface area contributed by atoms with Gasteiger partial charge in [-0.3, -0.25) is 4.79 Å². The Morgan fingerprint density at radius 3 is 2.61 bits per heavy atom. The van der Waals surface area contributed by atoms with Gasteiger partial charge in [-0.25, -0.2) is 15.0 Å². The summed E-state index contributed by atoms with van der Waals surface area (Å²) in [5, 5.41) is 2.89. The molecule has 33 heavy (non-hydrogen) atoms. The molecule has 0 saturated carbocycles. The van der Waals surface area contributed by atoms with Gasteiger partial charge in [0.15, 0.2) is 6.61 Å². The number of pyridine rings is 1. The van der Waals surface area contributed by atoms with Gasteiger partial charge in [0.05, 0.1) is 11.6 Å². The van der Waals surface area contributed by atoms with Crippen molar-refractivity contribution in [3.8, 4) is 22.8 Å². The number of hydrogen-bond donors (Lipinski definition) is 1. The molecule has 10 heteroatoms. The standard InChI is InChI=1S/C23H21F3N4O3/c1-2-20-27-10-15(11-28-20)17-4-3-5-19-18(17)8-16(12-32-19)30-22(31)14-6-7-21(29-9-14)33-13-23(24,25)26/h3-7,9-11,16H,2,8,12-13H2,1H3,(H,30,31)/t16-/m0/s1. The lowest BCUT2D eigenvalue weighted by atomic mass is 9.94. The van der Waals surface area contributed by atoms with Gasteiger partial charge in [-0.15, -0.1) is 0 Å². The molecule has 3 aromatic rings. The number of rotatable bonds is 6. The Bertz CT molecular complexity index is 1120. The van der Waals surface area contributed by atoms with E-state index >= 15 is 0 Å². The maximum Gasteiger partial charge on any atom is 0.422 e. The van der Waals surface area contributed by atoms with Gasteiger partial charge >= 0.3 is 6.18 Å². The van der Waals surface area contributed by atoms with Crippen LogP contribution in [0.2, 0.25) is 0 Å². The van der Waals surface area contributed by atoms with E-state index in [1.54, 1.807) is 12.4 Å². The molecule has 0 bridgehead atoms. The third-order valence-electron chi connectivity index (χ3n) is 5.07. The van der Waals surface area contributed by atoms with Crippen LogP contribution in [-0.4, -0.2) is 46.3 Å². The molecule has 7 nitrogen and oxygen atoms in total. The summed E-state index contributed by atoms with van der Waals surface area (Å²) in [4.78, 5) is 25.1. The Morgan fingerprint density at radius 2 is 1.94 bits per heavy atom. The van der Waals surface area contributed by atoms with Gasteiger partial charge in [0.25, 0.3) is 5.91 Å². The van der Waals surface area contributed by atoms with E-state index in [0.29, 0.717) is 6.42 Å². The Kier molecular flexibility index (Phi) is 6.43. The van der Waals surface area contributed by atoms with E-state index in [-0.39, 0.29) is 24.1 Å². The maximum absolute atomic E-state index is 12.6. The maximum atomic E-state index is 12.6. The fourth-order valence-electron chi connectivity index (χ4n) is 3.47. The van der Waals surface area contributed by atoms with E-state index in [4.69, 9.17) is 4.74 Å². The summed E-state index contributed by atoms with van der Waals surface area (Å²) >= 11 is 0. The average Bonchev–Trinajstić information content (AvgIpc) is 2.82. The smallest absolute Gasteiger partial charge is 0.422 e. The van der Waals surface area contributed by atoms with Crippen LogP contribution in [0.4, 0.5) is 13.2 Å². The normalized spacial score (nSPS) is 15.3. The van der Waals surface area contributed by atoms with Crippen LogP contribution in [-0.2, 0) is 12.8 Å². The number of benzene rings is 1. The predicted molar refractivity (Wildman–Crippen MR) is 113 cm³/mol. The van der Waals surface area contributed by atoms with Gasteiger partial charge in [-0.05, 0) is 17.7 Å². The zero-order valence-corrected chi connectivity index (χ0v) is 17.7. The third-order valence-corrected chi connectivity index (χ3v) is 5.07. The molecule has 1 aromatic carbocycles. The highest BCUT2D eigenvalue weighted by atomic mass is 19.4. The van der Waals surface area contributed by atoms with Crippen molar-refractivity contribution in [1.82, 2.24) is 20.3 Å². The quantitative estimate of drug-likeness (QED) is 0.605. The molecule has 0 saturated heterocycles. The SMILES string of the molecule is CCc1ncc(-c2cccc3c2C[C@H](NC(=O)c2ccc(OCC(F)(F)F)nc2)CO3)cn1. The summed E-state index contributed by atoms with van der Waals surface area (Å²) in [6.45, 7) is 0.825. The van der Waals surface area contributed by atoms with Crippen molar-refractivity contribution in [2.24, 2.45) is 0 Å². The van der Waals surface area contributed by atoms with Crippen molar-refractivity contribution in [2.75, 3.05) is 13.2 Å². The lowest BCUT2D eigenvalue weighted by Gasteiger charge is -2.28. The number of hydrogen-bond acceptors (Lipinski definition) is 6. The molecular weight excluding hydrogens is 437 g/mol. The highest BCUT2D eigenvalue weighted by molar-refractivity contribution is 5.94. The molecule has 172 valence electrons. The molecule has 0 spiro atoms. The third kappa shape index (κ3) is 5.57. The number of nitrogens with one attached hydrogen (secondary N) is 1. The molecule has 1 N–H and O–H groups in total. The van der Waals surface area contributed by atoms with E-state index in [1.807, 2.05) is 25.1 Å². The van der Waals surface area contributed by atoms with Crippen LogP contribution in [0, 0.1) is 0 Å². The number of carbonyl (C=O) groups is 1. The van der Waals surface area contributed by atoms with Crippen LogP contribution < -0.4 is 14.8 Å². The summed E-state index contributed by atoms with van der Waals surface area (Å²) < 4.78 is 47.2. The second kappa shape index (κ2) is 9.43. The van der Waals surface area contributed by atoms with E-state index in [2.05, 4.69) is 25.0 Å². The topological polar surface area (TPSA) is 86.2 Å². The van der Waals surface area contributed by atoms with Crippen molar-refractivity contribution < 1.29 is 27.4 Å². The molecule has 0 fully saturated rings. The van der Waals surface area contributed by atoms with E-state index in [9.17, 15) is 18.0 Å². The molecular formula is C23H21F3N4O3. The minimum Gasteiger partial charge on any atom is -0.491 e. The second-order valence-electron chi connectivity index (χ2n) is 7.50. The van der Waals surface area contributed by atoms with Gasteiger partial charge in [0, 0.05) is 48.6 Å². The van der Waals surface area contributed by atoms with Gasteiger partial charge in [0.1, 0.15) is 18.2 Å². The Hall–Kier alpha value is -3.69. The number of aryl methyl sites for hydroxylation is 1. The molecule has 1 aliphatic rings. The fourth-order valence-corrected chi connectivity index (χ4v) is 3.47. The highest BCUT2D eigenvalue weighted by Gasteiger charge is 2.29. The van der Waals surface area contributed by atoms with Gasteiger partial charge in [-0.2, -0.15) is 13.2 Å². The highest BCUT2D eigenvalue weighted by Crippen LogP contribution is 2.34. The Labute approximate surface area is 188 Å². The van der Waals surface area contributed by atoms with E-state index in [0.717, 1.165) is 34.7 Å². The first-order valence-corrected chi connectivity index (χ1v) is 10.3. The van der Waals surface area contributed by atoms with Crippen molar-refractivity contribution >= 4 is 5.91 Å². The Balaban J connectivity index is 1.44. The van der Waals surface area contributed by atoms with Gasteiger partial charge < -0.3 is 14.8 Å². The first-order chi connectivity index (χ1) is 15.8. The average molecular weight is 458 g/mol. The second-order valence-corrected chi connectivity index (χ2v) is 7.50. The molecule has 0 unspecified atom stereocenters. The number of nitrogens with zero attached hydrogens (tertiary/aromatic N) is 3. The zero-order chi connectivity index (χ0) is 23.4. The minimum atomic E-state index is -4.46. The molecule has 2 aromatic heterocycles. The molecule has 0 aliphatic carbocycles. The first-order valence-electron chi connectivity index (χ1n) is 10.3. The predicted octanol–water partition coefficient (Wildman–Crippen LogP) is 3.78. The number of amides is 1. The summed E-state index contributed by atoms with van der Waals surface area (Å²) in [6, 6.07) is 8.02. The summed E-state index contributed by atoms with van der Waals surface area (Å²) in [5.74, 6) is 0.883. The van der Waals surface area contributed by atoms with Gasteiger partial charge in [0.2, 0.25) is 5.88 Å². The van der Waals surface area contributed by atoms with Crippen LogP contribution >= 0.6 is 0 Å². The summed E-state index contributed by atoms with van der Waals surface area (Å²) in [5.41, 5.74) is 2.94. The zero-order valence-electron chi connectivity index (χ0n) is 17.7. The molecule has 1 atom stereocenters. The lowest BCUT2D eigenvalue weighted by Crippen LogP contribution is -2.42.